The summed E-state index contributed by atoms with van der Waals surface area (Å²) in [6.45, 7) is 1.91. The smallest absolute Gasteiger partial charge is 0.162 e. The average molecular weight is 297 g/mol. The molecule has 0 N–H and O–H groups in total. The first-order chi connectivity index (χ1) is 8.08. The lowest BCUT2D eigenvalue weighted by Gasteiger charge is -2.05. The molecule has 17 heavy (non-hydrogen) atoms. The highest BCUT2D eigenvalue weighted by molar-refractivity contribution is 9.10. The molecule has 0 aliphatic carbocycles. The zero-order valence-electron chi connectivity index (χ0n) is 9.15. The number of carbonyl (C=O) groups is 1. The van der Waals surface area contributed by atoms with E-state index < -0.39 is 0 Å². The number of rotatable bonds is 3. The van der Waals surface area contributed by atoms with Crippen molar-refractivity contribution in [1.82, 2.24) is 9.78 Å². The quantitative estimate of drug-likeness (QED) is 0.816. The molecule has 1 aromatic heterocycles. The van der Waals surface area contributed by atoms with E-state index in [1.54, 1.807) is 16.9 Å². The maximum absolute atomic E-state index is 13.3. The van der Waals surface area contributed by atoms with E-state index in [1.807, 2.05) is 6.07 Å². The van der Waals surface area contributed by atoms with Gasteiger partial charge in [-0.1, -0.05) is 12.1 Å². The Morgan fingerprint density at radius 2 is 2.29 bits per heavy atom. The second-order valence-corrected chi connectivity index (χ2v) is 4.49. The van der Waals surface area contributed by atoms with Crippen molar-refractivity contribution in [3.05, 3.63) is 52.0 Å². The number of Topliss-reactive ketones (excluding diaryl/α,β-unsaturated/α-hetero) is 1. The Bertz CT molecular complexity index is 565. The summed E-state index contributed by atoms with van der Waals surface area (Å²) in [5.41, 5.74) is 1.33. The molecule has 0 amide bonds. The minimum absolute atomic E-state index is 0.0328. The number of carbonyl (C=O) groups excluding carboxylic acids is 1. The SMILES string of the molecule is CC(=O)c1cnn(Cc2cccc(F)c2Br)c1. The lowest BCUT2D eigenvalue weighted by Crippen LogP contribution is -2.01. The molecule has 0 aliphatic rings. The zero-order chi connectivity index (χ0) is 12.4. The summed E-state index contributed by atoms with van der Waals surface area (Å²) in [4.78, 5) is 11.1. The lowest BCUT2D eigenvalue weighted by molar-refractivity contribution is 0.101. The molecular formula is C12H10BrFN2O. The second-order valence-electron chi connectivity index (χ2n) is 3.70. The summed E-state index contributed by atoms with van der Waals surface area (Å²) in [6, 6.07) is 4.84. The molecule has 2 rings (SSSR count). The van der Waals surface area contributed by atoms with Gasteiger partial charge in [0.2, 0.25) is 0 Å². The van der Waals surface area contributed by atoms with Crippen LogP contribution < -0.4 is 0 Å². The van der Waals surface area contributed by atoms with Gasteiger partial charge in [0.25, 0.3) is 0 Å². The van der Waals surface area contributed by atoms with Crippen LogP contribution in [0.2, 0.25) is 0 Å². The zero-order valence-corrected chi connectivity index (χ0v) is 10.7. The highest BCUT2D eigenvalue weighted by atomic mass is 79.9. The molecule has 2 aromatic rings. The van der Waals surface area contributed by atoms with Crippen LogP contribution in [0.5, 0.6) is 0 Å². The van der Waals surface area contributed by atoms with E-state index in [2.05, 4.69) is 21.0 Å². The van der Waals surface area contributed by atoms with Crippen LogP contribution in [0.25, 0.3) is 0 Å². The molecule has 1 aromatic carbocycles. The van der Waals surface area contributed by atoms with Crippen LogP contribution in [0.1, 0.15) is 22.8 Å². The van der Waals surface area contributed by atoms with Crippen LogP contribution in [-0.2, 0) is 6.54 Å². The maximum Gasteiger partial charge on any atom is 0.162 e. The Labute approximate surface area is 106 Å². The van der Waals surface area contributed by atoms with Crippen molar-refractivity contribution in [2.24, 2.45) is 0 Å². The van der Waals surface area contributed by atoms with Gasteiger partial charge in [0, 0.05) is 6.20 Å². The lowest BCUT2D eigenvalue weighted by atomic mass is 10.2. The second kappa shape index (κ2) is 4.79. The molecule has 0 unspecified atom stereocenters. The van der Waals surface area contributed by atoms with Crippen molar-refractivity contribution < 1.29 is 9.18 Å². The van der Waals surface area contributed by atoms with E-state index in [0.717, 1.165) is 5.56 Å². The minimum Gasteiger partial charge on any atom is -0.294 e. The molecular weight excluding hydrogens is 287 g/mol. The predicted octanol–water partition coefficient (Wildman–Crippen LogP) is 3.04. The first kappa shape index (κ1) is 12.0. The molecule has 0 saturated heterocycles. The molecule has 88 valence electrons. The van der Waals surface area contributed by atoms with Crippen molar-refractivity contribution in [3.8, 4) is 0 Å². The molecule has 1 heterocycles. The van der Waals surface area contributed by atoms with Gasteiger partial charge in [0.05, 0.1) is 22.8 Å². The molecule has 0 bridgehead atoms. The van der Waals surface area contributed by atoms with Crippen molar-refractivity contribution in [1.29, 1.82) is 0 Å². The van der Waals surface area contributed by atoms with E-state index in [0.29, 0.717) is 16.6 Å². The Balaban J connectivity index is 2.25. The molecule has 3 nitrogen and oxygen atoms in total. The van der Waals surface area contributed by atoms with Crippen LogP contribution in [-0.4, -0.2) is 15.6 Å². The first-order valence-corrected chi connectivity index (χ1v) is 5.83. The van der Waals surface area contributed by atoms with Crippen molar-refractivity contribution >= 4 is 21.7 Å². The van der Waals surface area contributed by atoms with E-state index in [9.17, 15) is 9.18 Å². The summed E-state index contributed by atoms with van der Waals surface area (Å²) in [5.74, 6) is -0.337. The van der Waals surface area contributed by atoms with Gasteiger partial charge in [0.1, 0.15) is 5.82 Å². The van der Waals surface area contributed by atoms with Crippen molar-refractivity contribution in [2.45, 2.75) is 13.5 Å². The van der Waals surface area contributed by atoms with E-state index in [4.69, 9.17) is 0 Å². The summed E-state index contributed by atoms with van der Waals surface area (Å²) < 4.78 is 15.3. The summed E-state index contributed by atoms with van der Waals surface area (Å²) >= 11 is 3.19. The minimum atomic E-state index is -0.304. The van der Waals surface area contributed by atoms with Gasteiger partial charge in [-0.05, 0) is 34.5 Å². The third-order valence-corrected chi connectivity index (χ3v) is 3.29. The molecule has 0 spiro atoms. The molecule has 5 heteroatoms. The van der Waals surface area contributed by atoms with Crippen molar-refractivity contribution in [3.63, 3.8) is 0 Å². The standard InChI is InChI=1S/C12H10BrFN2O/c1-8(17)10-5-15-16(7-10)6-9-3-2-4-11(14)12(9)13/h2-5,7H,6H2,1H3. The highest BCUT2D eigenvalue weighted by Gasteiger charge is 2.08. The first-order valence-electron chi connectivity index (χ1n) is 5.04. The predicted molar refractivity (Wildman–Crippen MR) is 65.4 cm³/mol. The molecule has 0 atom stereocenters. The summed E-state index contributed by atoms with van der Waals surface area (Å²) in [5, 5.41) is 4.06. The van der Waals surface area contributed by atoms with Gasteiger partial charge < -0.3 is 0 Å². The number of nitrogens with zero attached hydrogens (tertiary/aromatic N) is 2. The third kappa shape index (κ3) is 2.61. The number of aromatic nitrogens is 2. The Hall–Kier alpha value is -1.49. The van der Waals surface area contributed by atoms with E-state index in [-0.39, 0.29) is 11.6 Å². The van der Waals surface area contributed by atoms with Crippen LogP contribution >= 0.6 is 15.9 Å². The van der Waals surface area contributed by atoms with Crippen LogP contribution in [0.3, 0.4) is 0 Å². The fourth-order valence-corrected chi connectivity index (χ4v) is 1.87. The molecule has 0 fully saturated rings. The van der Waals surface area contributed by atoms with Gasteiger partial charge in [-0.15, -0.1) is 0 Å². The highest BCUT2D eigenvalue weighted by Crippen LogP contribution is 2.21. The van der Waals surface area contributed by atoms with Crippen LogP contribution in [0, 0.1) is 5.82 Å². The van der Waals surface area contributed by atoms with Gasteiger partial charge >= 0.3 is 0 Å². The van der Waals surface area contributed by atoms with Crippen LogP contribution in [0.4, 0.5) is 4.39 Å². The van der Waals surface area contributed by atoms with Gasteiger partial charge in [-0.25, -0.2) is 4.39 Å². The van der Waals surface area contributed by atoms with E-state index >= 15 is 0 Å². The van der Waals surface area contributed by atoms with Gasteiger partial charge in [-0.2, -0.15) is 5.10 Å². The number of hydrogen-bond donors (Lipinski definition) is 0. The summed E-state index contributed by atoms with van der Waals surface area (Å²) in [7, 11) is 0. The average Bonchev–Trinajstić information content (AvgIpc) is 2.73. The van der Waals surface area contributed by atoms with Crippen molar-refractivity contribution in [2.75, 3.05) is 0 Å². The van der Waals surface area contributed by atoms with Gasteiger partial charge in [-0.3, -0.25) is 9.48 Å². The molecule has 0 saturated carbocycles. The van der Waals surface area contributed by atoms with E-state index in [1.165, 1.54) is 19.2 Å². The van der Waals surface area contributed by atoms with Gasteiger partial charge in [0.15, 0.2) is 5.78 Å². The number of benzene rings is 1. The Morgan fingerprint density at radius 3 is 2.94 bits per heavy atom. The largest absolute Gasteiger partial charge is 0.294 e. The third-order valence-electron chi connectivity index (χ3n) is 2.40. The Morgan fingerprint density at radius 1 is 1.53 bits per heavy atom. The normalized spacial score (nSPS) is 10.5. The number of ketones is 1. The molecule has 0 radical (unpaired) electrons. The van der Waals surface area contributed by atoms with Crippen LogP contribution in [0.15, 0.2) is 35.1 Å². The monoisotopic (exact) mass is 296 g/mol. The number of hydrogen-bond acceptors (Lipinski definition) is 2. The maximum atomic E-state index is 13.3. The summed E-state index contributed by atoms with van der Waals surface area (Å²) in [6.07, 6.45) is 3.16. The fourth-order valence-electron chi connectivity index (χ4n) is 1.48. The topological polar surface area (TPSA) is 34.9 Å². The Kier molecular flexibility index (Phi) is 3.38. The number of halogens is 2. The fraction of sp³-hybridized carbons (Fsp3) is 0.167. The molecule has 0 aliphatic heterocycles.